The Kier molecular flexibility index (Phi) is 6.23. The van der Waals surface area contributed by atoms with E-state index in [1.54, 1.807) is 0 Å². The maximum atomic E-state index is 5.22. The summed E-state index contributed by atoms with van der Waals surface area (Å²) in [5, 5.41) is 0. The molecule has 0 aliphatic carbocycles. The Hall–Kier alpha value is -0.194. The number of allylic oxidation sites excluding steroid dienone is 1. The van der Waals surface area contributed by atoms with Crippen LogP contribution >= 0.6 is 0 Å². The molecule has 2 rings (SSSR count). The second-order valence-corrected chi connectivity index (χ2v) is 2.61. The predicted octanol–water partition coefficient (Wildman–Crippen LogP) is -1.43. The third kappa shape index (κ3) is 2.90. The summed E-state index contributed by atoms with van der Waals surface area (Å²) in [6.07, 6.45) is 3.58. The fourth-order valence-electron chi connectivity index (χ4n) is 1.20. The summed E-state index contributed by atoms with van der Waals surface area (Å²) in [6, 6.07) is 5.86. The quantitative estimate of drug-likeness (QED) is 0.482. The minimum absolute atomic E-state index is 0. The molecule has 1 aromatic rings. The zero-order valence-corrected chi connectivity index (χ0v) is 10.8. The molecule has 1 heterocycles. The normalized spacial score (nSPS) is 11.1. The van der Waals surface area contributed by atoms with Gasteiger partial charge in [0.05, 0.1) is 0 Å². The summed E-state index contributed by atoms with van der Waals surface area (Å²) in [6.45, 7) is 3.88. The van der Waals surface area contributed by atoms with E-state index in [0.29, 0.717) is 6.79 Å². The number of benzene rings is 1. The molecule has 2 nitrogen and oxygen atoms in total. The molecule has 0 amide bonds. The van der Waals surface area contributed by atoms with Gasteiger partial charge in [0.2, 0.25) is 6.79 Å². The smallest absolute Gasteiger partial charge is 1.00 e. The van der Waals surface area contributed by atoms with E-state index in [1.165, 1.54) is 0 Å². The van der Waals surface area contributed by atoms with Crippen LogP contribution in [0.3, 0.4) is 0 Å². The second kappa shape index (κ2) is 6.32. The van der Waals surface area contributed by atoms with E-state index in [0.717, 1.165) is 23.5 Å². The van der Waals surface area contributed by atoms with Gasteiger partial charge in [-0.2, -0.15) is 6.42 Å². The zero-order valence-electron chi connectivity index (χ0n) is 7.75. The van der Waals surface area contributed by atoms with Crippen LogP contribution in [0.5, 0.6) is 11.5 Å². The van der Waals surface area contributed by atoms with Crippen LogP contribution in [0.25, 0.3) is 0 Å². The molecule has 1 aromatic carbocycles. The Morgan fingerprint density at radius 1 is 1.29 bits per heavy atom. The number of hydrogen-bond acceptors (Lipinski definition) is 2. The first-order valence-electron chi connectivity index (χ1n) is 3.78. The molecular weight excluding hydrogens is 256 g/mol. The molecule has 0 unspecified atom stereocenters. The van der Waals surface area contributed by atoms with Gasteiger partial charge in [0.15, 0.2) is 11.5 Å². The van der Waals surface area contributed by atoms with Crippen molar-refractivity contribution < 1.29 is 26.5 Å². The first-order valence-corrected chi connectivity index (χ1v) is 3.78. The van der Waals surface area contributed by atoms with Gasteiger partial charge in [0, 0.05) is 0 Å². The van der Waals surface area contributed by atoms with Crippen LogP contribution < -0.4 is 26.5 Å². The number of hydrogen-bond donors (Lipinski definition) is 0. The third-order valence-corrected chi connectivity index (χ3v) is 1.77. The Morgan fingerprint density at radius 3 is 2.71 bits per heavy atom. The van der Waals surface area contributed by atoms with Crippen LogP contribution in [-0.2, 0) is 6.42 Å². The molecule has 1 aliphatic heterocycles. The van der Waals surface area contributed by atoms with Gasteiger partial charge in [0.25, 0.3) is 0 Å². The Labute approximate surface area is 110 Å². The van der Waals surface area contributed by atoms with E-state index in [4.69, 9.17) is 9.47 Å². The summed E-state index contributed by atoms with van der Waals surface area (Å²) >= 11 is 0. The predicted molar refractivity (Wildman–Crippen MR) is 50.9 cm³/mol. The van der Waals surface area contributed by atoms with E-state index in [1.807, 2.05) is 18.2 Å². The minimum atomic E-state index is 0. The van der Waals surface area contributed by atoms with Gasteiger partial charge in [-0.1, -0.05) is 11.6 Å². The van der Waals surface area contributed by atoms with Crippen molar-refractivity contribution >= 4 is 23.1 Å². The Balaban J connectivity index is 0.000000845. The van der Waals surface area contributed by atoms with Gasteiger partial charge < -0.3 is 32.5 Å². The number of rotatable bonds is 2. The summed E-state index contributed by atoms with van der Waals surface area (Å²) in [5.74, 6) is 1.64. The van der Waals surface area contributed by atoms with E-state index >= 15 is 0 Å². The van der Waals surface area contributed by atoms with E-state index < -0.39 is 0 Å². The van der Waals surface area contributed by atoms with Crippen molar-refractivity contribution in [2.75, 3.05) is 6.79 Å². The fraction of sp³-hybridized carbons (Fsp3) is 0.200. The number of ether oxygens (including phenoxy) is 2. The maximum Gasteiger partial charge on any atom is 2.00 e. The van der Waals surface area contributed by atoms with Gasteiger partial charge in [-0.3, -0.25) is 6.58 Å². The topological polar surface area (TPSA) is 18.5 Å². The van der Waals surface area contributed by atoms with Crippen molar-refractivity contribution in [3.63, 3.8) is 0 Å². The molecule has 0 radical (unpaired) electrons. The van der Waals surface area contributed by atoms with Crippen LogP contribution in [0.4, 0.5) is 0 Å². The third-order valence-electron chi connectivity index (χ3n) is 1.77. The second-order valence-electron chi connectivity index (χ2n) is 2.61. The average molecular weight is 265 g/mol. The largest absolute Gasteiger partial charge is 2.00 e. The van der Waals surface area contributed by atoms with Crippen molar-refractivity contribution in [2.45, 2.75) is 6.42 Å². The summed E-state index contributed by atoms with van der Waals surface area (Å²) < 4.78 is 10.4. The number of fused-ring (bicyclic) bond motifs is 1. The molecule has 0 N–H and O–H groups in total. The molecule has 0 saturated carbocycles. The molecule has 0 atom stereocenters. The molecule has 0 fully saturated rings. The maximum absolute atomic E-state index is 5.22. The van der Waals surface area contributed by atoms with Crippen LogP contribution in [0.1, 0.15) is 5.56 Å². The van der Waals surface area contributed by atoms with Crippen molar-refractivity contribution in [1.82, 2.24) is 0 Å². The molecule has 4 heteroatoms. The van der Waals surface area contributed by atoms with Crippen LogP contribution in [0.15, 0.2) is 24.8 Å². The molecule has 0 bridgehead atoms. The molecule has 14 heavy (non-hydrogen) atoms. The minimum Gasteiger partial charge on any atom is -1.00 e. The van der Waals surface area contributed by atoms with Crippen LogP contribution in [-0.4, -0.2) is 29.8 Å². The summed E-state index contributed by atoms with van der Waals surface area (Å²) in [7, 11) is 0. The molecule has 1 aliphatic rings. The van der Waals surface area contributed by atoms with Gasteiger partial charge in [-0.15, -0.1) is 0 Å². The Bertz CT molecular complexity index is 315. The van der Waals surface area contributed by atoms with Crippen molar-refractivity contribution in [2.24, 2.45) is 0 Å². The molecule has 0 saturated heterocycles. The molecule has 0 spiro atoms. The van der Waals surface area contributed by atoms with Crippen LogP contribution in [0, 0.1) is 6.08 Å². The van der Waals surface area contributed by atoms with Gasteiger partial charge in [0.1, 0.15) is 0 Å². The fourth-order valence-corrected chi connectivity index (χ4v) is 1.20. The molecular formula is C10H9BrMgO2. The summed E-state index contributed by atoms with van der Waals surface area (Å²) in [5.41, 5.74) is 1.15. The van der Waals surface area contributed by atoms with Gasteiger partial charge >= 0.3 is 23.1 Å². The average Bonchev–Trinajstić information content (AvgIpc) is 2.51. The van der Waals surface area contributed by atoms with Gasteiger partial charge in [-0.05, 0) is 12.1 Å². The van der Waals surface area contributed by atoms with Crippen LogP contribution in [0.2, 0.25) is 0 Å². The van der Waals surface area contributed by atoms with E-state index in [9.17, 15) is 0 Å². The first kappa shape index (κ1) is 13.8. The van der Waals surface area contributed by atoms with Crippen molar-refractivity contribution in [1.29, 1.82) is 0 Å². The van der Waals surface area contributed by atoms with E-state index in [-0.39, 0.29) is 40.0 Å². The SMILES string of the molecule is C=[C-]Cc1ccc2c(c1)OCO2.[Br-].[Mg+2]. The van der Waals surface area contributed by atoms with Crippen molar-refractivity contribution in [3.05, 3.63) is 36.4 Å². The molecule has 70 valence electrons. The first-order chi connectivity index (χ1) is 5.90. The summed E-state index contributed by atoms with van der Waals surface area (Å²) in [4.78, 5) is 0. The van der Waals surface area contributed by atoms with Gasteiger partial charge in [-0.25, -0.2) is 0 Å². The van der Waals surface area contributed by atoms with E-state index in [2.05, 4.69) is 12.7 Å². The monoisotopic (exact) mass is 264 g/mol. The van der Waals surface area contributed by atoms with Crippen molar-refractivity contribution in [3.8, 4) is 11.5 Å². The molecule has 0 aromatic heterocycles. The standard InChI is InChI=1S/C10H9O2.BrH.Mg/c1-2-3-8-4-5-9-10(6-8)12-7-11-9;;/h4-6H,1,3,7H2;1H;/q-1;;+2/p-1. The number of halogens is 1. The zero-order chi connectivity index (χ0) is 8.39. The Morgan fingerprint density at radius 2 is 2.00 bits per heavy atom.